The van der Waals surface area contributed by atoms with E-state index in [-0.39, 0.29) is 11.6 Å². The lowest BCUT2D eigenvalue weighted by Crippen LogP contribution is -2.30. The summed E-state index contributed by atoms with van der Waals surface area (Å²) in [6.45, 7) is 4.64. The van der Waals surface area contributed by atoms with Gasteiger partial charge < -0.3 is 14.8 Å². The van der Waals surface area contributed by atoms with E-state index in [1.807, 2.05) is 18.2 Å². The Kier molecular flexibility index (Phi) is 5.04. The molecule has 1 heterocycles. The minimum absolute atomic E-state index is 0.140. The highest BCUT2D eigenvalue weighted by Crippen LogP contribution is 2.35. The Bertz CT molecular complexity index is 787. The SMILES string of the molecule is CON(C)C(=O)Nc1ccc(OCc2ccc3c(c2)OC(C)(C)C3)cc1. The number of hydrogen-bond acceptors (Lipinski definition) is 4. The highest BCUT2D eigenvalue weighted by molar-refractivity contribution is 5.88. The van der Waals surface area contributed by atoms with E-state index in [0.717, 1.165) is 28.5 Å². The van der Waals surface area contributed by atoms with Crippen molar-refractivity contribution in [1.29, 1.82) is 0 Å². The number of urea groups is 1. The van der Waals surface area contributed by atoms with Crippen LogP contribution in [-0.2, 0) is 17.9 Å². The molecule has 0 fully saturated rings. The number of nitrogens with one attached hydrogen (secondary N) is 1. The number of carbonyl (C=O) groups excluding carboxylic acids is 1. The van der Waals surface area contributed by atoms with Crippen LogP contribution in [0.2, 0.25) is 0 Å². The van der Waals surface area contributed by atoms with Crippen LogP contribution in [0.15, 0.2) is 42.5 Å². The van der Waals surface area contributed by atoms with Gasteiger partial charge in [0.05, 0.1) is 7.11 Å². The molecule has 0 spiro atoms. The lowest BCUT2D eigenvalue weighted by Gasteiger charge is -2.17. The third-order valence-corrected chi connectivity index (χ3v) is 4.20. The molecule has 2 aromatic rings. The van der Waals surface area contributed by atoms with Gasteiger partial charge in [-0.25, -0.2) is 9.86 Å². The predicted molar refractivity (Wildman–Crippen MR) is 99.4 cm³/mol. The zero-order valence-corrected chi connectivity index (χ0v) is 15.5. The summed E-state index contributed by atoms with van der Waals surface area (Å²) >= 11 is 0. The first-order valence-corrected chi connectivity index (χ1v) is 8.49. The molecule has 0 aliphatic carbocycles. The summed E-state index contributed by atoms with van der Waals surface area (Å²) in [7, 11) is 2.97. The van der Waals surface area contributed by atoms with Gasteiger partial charge in [0, 0.05) is 19.2 Å². The average Bonchev–Trinajstić information content (AvgIpc) is 2.93. The second kappa shape index (κ2) is 7.25. The van der Waals surface area contributed by atoms with Crippen molar-refractivity contribution in [2.45, 2.75) is 32.5 Å². The van der Waals surface area contributed by atoms with Crippen molar-refractivity contribution in [2.75, 3.05) is 19.5 Å². The zero-order valence-electron chi connectivity index (χ0n) is 15.5. The van der Waals surface area contributed by atoms with E-state index in [1.54, 1.807) is 12.1 Å². The molecule has 0 aromatic heterocycles. The standard InChI is InChI=1S/C20H24N2O4/c1-20(2)12-15-6-5-14(11-18(15)26-20)13-25-17-9-7-16(8-10-17)21-19(23)22(3)24-4/h5-11H,12-13H2,1-4H3,(H,21,23). The molecule has 3 rings (SSSR count). The Morgan fingerprint density at radius 2 is 1.96 bits per heavy atom. The van der Waals surface area contributed by atoms with Crippen LogP contribution in [-0.4, -0.2) is 30.9 Å². The molecule has 1 N–H and O–H groups in total. The van der Waals surface area contributed by atoms with Gasteiger partial charge in [0.15, 0.2) is 0 Å². The van der Waals surface area contributed by atoms with Gasteiger partial charge in [-0.3, -0.25) is 4.84 Å². The number of amides is 2. The van der Waals surface area contributed by atoms with Crippen LogP contribution >= 0.6 is 0 Å². The number of hydrogen-bond donors (Lipinski definition) is 1. The zero-order chi connectivity index (χ0) is 18.7. The molecule has 0 unspecified atom stereocenters. The van der Waals surface area contributed by atoms with Crippen molar-refractivity contribution in [3.05, 3.63) is 53.6 Å². The Balaban J connectivity index is 1.57. The monoisotopic (exact) mass is 356 g/mol. The fourth-order valence-corrected chi connectivity index (χ4v) is 2.81. The molecule has 0 bridgehead atoms. The summed E-state index contributed by atoms with van der Waals surface area (Å²) in [5.74, 6) is 1.67. The van der Waals surface area contributed by atoms with Gasteiger partial charge in [0.25, 0.3) is 0 Å². The molecule has 1 aliphatic heterocycles. The summed E-state index contributed by atoms with van der Waals surface area (Å²) < 4.78 is 11.8. The summed E-state index contributed by atoms with van der Waals surface area (Å²) in [5.41, 5.74) is 2.82. The summed E-state index contributed by atoms with van der Waals surface area (Å²) in [6.07, 6.45) is 0.926. The molecule has 0 atom stereocenters. The van der Waals surface area contributed by atoms with Gasteiger partial charge >= 0.3 is 6.03 Å². The van der Waals surface area contributed by atoms with Crippen LogP contribution in [0.3, 0.4) is 0 Å². The number of benzene rings is 2. The van der Waals surface area contributed by atoms with E-state index in [0.29, 0.717) is 12.3 Å². The molecule has 138 valence electrons. The lowest BCUT2D eigenvalue weighted by molar-refractivity contribution is -0.0598. The molecule has 0 saturated carbocycles. The number of fused-ring (bicyclic) bond motifs is 1. The maximum Gasteiger partial charge on any atom is 0.345 e. The first kappa shape index (κ1) is 18.1. The van der Waals surface area contributed by atoms with Gasteiger partial charge in [0.1, 0.15) is 23.7 Å². The topological polar surface area (TPSA) is 60.0 Å². The molecule has 1 aliphatic rings. The molecule has 0 saturated heterocycles. The van der Waals surface area contributed by atoms with E-state index in [4.69, 9.17) is 14.3 Å². The maximum atomic E-state index is 11.7. The molecular formula is C20H24N2O4. The number of carbonyl (C=O) groups is 1. The van der Waals surface area contributed by atoms with Gasteiger partial charge in [0.2, 0.25) is 0 Å². The fourth-order valence-electron chi connectivity index (χ4n) is 2.81. The van der Waals surface area contributed by atoms with Gasteiger partial charge in [-0.15, -0.1) is 0 Å². The van der Waals surface area contributed by atoms with Gasteiger partial charge in [-0.2, -0.15) is 0 Å². The summed E-state index contributed by atoms with van der Waals surface area (Å²) in [5, 5.41) is 3.83. The number of ether oxygens (including phenoxy) is 2. The van der Waals surface area contributed by atoms with Crippen molar-refractivity contribution >= 4 is 11.7 Å². The van der Waals surface area contributed by atoms with Crippen LogP contribution in [0.1, 0.15) is 25.0 Å². The van der Waals surface area contributed by atoms with E-state index < -0.39 is 0 Å². The largest absolute Gasteiger partial charge is 0.489 e. The third-order valence-electron chi connectivity index (χ3n) is 4.20. The molecule has 2 amide bonds. The first-order chi connectivity index (χ1) is 12.4. The number of anilines is 1. The van der Waals surface area contributed by atoms with Crippen LogP contribution in [0, 0.1) is 0 Å². The van der Waals surface area contributed by atoms with Crippen LogP contribution < -0.4 is 14.8 Å². The number of nitrogens with zero attached hydrogens (tertiary/aromatic N) is 1. The predicted octanol–water partition coefficient (Wildman–Crippen LogP) is 4.00. The molecular weight excluding hydrogens is 332 g/mol. The van der Waals surface area contributed by atoms with Crippen molar-refractivity contribution in [3.63, 3.8) is 0 Å². The minimum atomic E-state index is -0.345. The van der Waals surface area contributed by atoms with Gasteiger partial charge in [-0.05, 0) is 55.3 Å². The lowest BCUT2D eigenvalue weighted by atomic mass is 10.0. The molecule has 6 nitrogen and oxygen atoms in total. The van der Waals surface area contributed by atoms with Crippen LogP contribution in [0.4, 0.5) is 10.5 Å². The third kappa shape index (κ3) is 4.26. The second-order valence-corrected chi connectivity index (χ2v) is 6.90. The van der Waals surface area contributed by atoms with Gasteiger partial charge in [-0.1, -0.05) is 12.1 Å². The summed E-state index contributed by atoms with van der Waals surface area (Å²) in [4.78, 5) is 16.6. The van der Waals surface area contributed by atoms with E-state index in [1.165, 1.54) is 19.7 Å². The molecule has 0 radical (unpaired) electrons. The Hall–Kier alpha value is -2.73. The van der Waals surface area contributed by atoms with Crippen molar-refractivity contribution < 1.29 is 19.1 Å². The minimum Gasteiger partial charge on any atom is -0.489 e. The Labute approximate surface area is 153 Å². The normalized spacial score (nSPS) is 14.3. The first-order valence-electron chi connectivity index (χ1n) is 8.49. The molecule has 2 aromatic carbocycles. The quantitative estimate of drug-likeness (QED) is 0.823. The Morgan fingerprint density at radius 1 is 1.23 bits per heavy atom. The number of rotatable bonds is 5. The second-order valence-electron chi connectivity index (χ2n) is 6.90. The highest BCUT2D eigenvalue weighted by Gasteiger charge is 2.29. The highest BCUT2D eigenvalue weighted by atomic mass is 16.7. The number of hydroxylamine groups is 2. The van der Waals surface area contributed by atoms with Crippen LogP contribution in [0.5, 0.6) is 11.5 Å². The van der Waals surface area contributed by atoms with Crippen molar-refractivity contribution in [2.24, 2.45) is 0 Å². The molecule has 6 heteroatoms. The van der Waals surface area contributed by atoms with Crippen LogP contribution in [0.25, 0.3) is 0 Å². The maximum absolute atomic E-state index is 11.7. The average molecular weight is 356 g/mol. The van der Waals surface area contributed by atoms with E-state index in [9.17, 15) is 4.79 Å². The smallest absolute Gasteiger partial charge is 0.345 e. The fraction of sp³-hybridized carbons (Fsp3) is 0.350. The van der Waals surface area contributed by atoms with Crippen molar-refractivity contribution in [1.82, 2.24) is 5.06 Å². The van der Waals surface area contributed by atoms with Crippen molar-refractivity contribution in [3.8, 4) is 11.5 Å². The van der Waals surface area contributed by atoms with E-state index >= 15 is 0 Å². The van der Waals surface area contributed by atoms with E-state index in [2.05, 4.69) is 31.3 Å². The summed E-state index contributed by atoms with van der Waals surface area (Å²) in [6, 6.07) is 13.1. The Morgan fingerprint density at radius 3 is 2.65 bits per heavy atom. The molecule has 26 heavy (non-hydrogen) atoms.